The minimum absolute atomic E-state index is 0.0611. The first-order chi connectivity index (χ1) is 12.6. The van der Waals surface area contributed by atoms with Gasteiger partial charge in [0.15, 0.2) is 5.96 Å². The van der Waals surface area contributed by atoms with Gasteiger partial charge in [-0.05, 0) is 36.5 Å². The average molecular weight is 386 g/mol. The SMILES string of the molecule is CC(C)CCCNC(=NCc1cccc(C(F)(F)F)c1)NCC(=O)N(C)C. The summed E-state index contributed by atoms with van der Waals surface area (Å²) in [5.74, 6) is 0.873. The molecule has 0 atom stereocenters. The van der Waals surface area contributed by atoms with Crippen LogP contribution < -0.4 is 10.6 Å². The predicted molar refractivity (Wildman–Crippen MR) is 101 cm³/mol. The highest BCUT2D eigenvalue weighted by atomic mass is 19.4. The summed E-state index contributed by atoms with van der Waals surface area (Å²) >= 11 is 0. The van der Waals surface area contributed by atoms with Crippen molar-refractivity contribution in [3.05, 3.63) is 35.4 Å². The number of benzene rings is 1. The zero-order valence-electron chi connectivity index (χ0n) is 16.4. The van der Waals surface area contributed by atoms with E-state index in [-0.39, 0.29) is 19.0 Å². The van der Waals surface area contributed by atoms with Crippen molar-refractivity contribution >= 4 is 11.9 Å². The molecule has 0 heterocycles. The lowest BCUT2D eigenvalue weighted by Gasteiger charge is -2.15. The van der Waals surface area contributed by atoms with E-state index in [4.69, 9.17) is 0 Å². The van der Waals surface area contributed by atoms with Gasteiger partial charge >= 0.3 is 6.18 Å². The molecule has 0 bridgehead atoms. The number of nitrogens with one attached hydrogen (secondary N) is 2. The lowest BCUT2D eigenvalue weighted by Crippen LogP contribution is -2.43. The van der Waals surface area contributed by atoms with Crippen LogP contribution in [-0.2, 0) is 17.5 Å². The van der Waals surface area contributed by atoms with Gasteiger partial charge in [-0.15, -0.1) is 0 Å². The van der Waals surface area contributed by atoms with E-state index in [1.54, 1.807) is 20.2 Å². The number of nitrogens with zero attached hydrogens (tertiary/aromatic N) is 2. The van der Waals surface area contributed by atoms with E-state index in [9.17, 15) is 18.0 Å². The molecule has 0 saturated heterocycles. The molecule has 2 N–H and O–H groups in total. The van der Waals surface area contributed by atoms with Crippen molar-refractivity contribution < 1.29 is 18.0 Å². The van der Waals surface area contributed by atoms with E-state index in [1.807, 2.05) is 0 Å². The fourth-order valence-corrected chi connectivity index (χ4v) is 2.23. The van der Waals surface area contributed by atoms with Crippen molar-refractivity contribution in [2.75, 3.05) is 27.2 Å². The largest absolute Gasteiger partial charge is 0.416 e. The van der Waals surface area contributed by atoms with Gasteiger partial charge in [0.1, 0.15) is 0 Å². The molecule has 0 saturated carbocycles. The molecule has 0 fully saturated rings. The van der Waals surface area contributed by atoms with Crippen LogP contribution in [0.4, 0.5) is 13.2 Å². The molecule has 0 aliphatic rings. The summed E-state index contributed by atoms with van der Waals surface area (Å²) in [5.41, 5.74) is -0.246. The molecule has 0 aromatic heterocycles. The zero-order chi connectivity index (χ0) is 20.4. The third kappa shape index (κ3) is 9.30. The third-order valence-electron chi connectivity index (χ3n) is 3.83. The van der Waals surface area contributed by atoms with Gasteiger partial charge in [0.2, 0.25) is 5.91 Å². The van der Waals surface area contributed by atoms with Gasteiger partial charge in [-0.1, -0.05) is 26.0 Å². The summed E-state index contributed by atoms with van der Waals surface area (Å²) in [6, 6.07) is 5.09. The van der Waals surface area contributed by atoms with E-state index < -0.39 is 11.7 Å². The number of likely N-dealkylation sites (N-methyl/N-ethyl adjacent to an activating group) is 1. The number of carbonyl (C=O) groups excluding carboxylic acids is 1. The second-order valence-electron chi connectivity index (χ2n) is 6.97. The van der Waals surface area contributed by atoms with Crippen LogP contribution in [-0.4, -0.2) is 44.0 Å². The highest BCUT2D eigenvalue weighted by molar-refractivity contribution is 5.86. The fraction of sp³-hybridized carbons (Fsp3) is 0.579. The lowest BCUT2D eigenvalue weighted by atomic mass is 10.1. The summed E-state index contributed by atoms with van der Waals surface area (Å²) in [7, 11) is 3.30. The van der Waals surface area contributed by atoms with E-state index in [0.29, 0.717) is 24.0 Å². The van der Waals surface area contributed by atoms with Crippen LogP contribution in [0.5, 0.6) is 0 Å². The van der Waals surface area contributed by atoms with Crippen LogP contribution in [0.2, 0.25) is 0 Å². The van der Waals surface area contributed by atoms with Crippen LogP contribution in [0.25, 0.3) is 0 Å². The molecule has 1 amide bonds. The van der Waals surface area contributed by atoms with Crippen LogP contribution in [0.1, 0.15) is 37.8 Å². The quantitative estimate of drug-likeness (QED) is 0.410. The molecule has 8 heteroatoms. The first-order valence-electron chi connectivity index (χ1n) is 8.98. The summed E-state index contributed by atoms with van der Waals surface area (Å²) in [4.78, 5) is 17.5. The molecule has 152 valence electrons. The molecule has 1 aromatic rings. The van der Waals surface area contributed by atoms with Crippen molar-refractivity contribution in [2.24, 2.45) is 10.9 Å². The summed E-state index contributed by atoms with van der Waals surface area (Å²) in [5, 5.41) is 6.06. The summed E-state index contributed by atoms with van der Waals surface area (Å²) in [6.07, 6.45) is -2.40. The molecule has 0 spiro atoms. The Morgan fingerprint density at radius 1 is 1.22 bits per heavy atom. The van der Waals surface area contributed by atoms with Crippen molar-refractivity contribution in [1.29, 1.82) is 0 Å². The van der Waals surface area contributed by atoms with Crippen molar-refractivity contribution in [1.82, 2.24) is 15.5 Å². The number of carbonyl (C=O) groups is 1. The van der Waals surface area contributed by atoms with E-state index in [0.717, 1.165) is 25.0 Å². The number of alkyl halides is 3. The Morgan fingerprint density at radius 3 is 2.52 bits per heavy atom. The van der Waals surface area contributed by atoms with Crippen LogP contribution in [0.15, 0.2) is 29.3 Å². The number of rotatable bonds is 8. The first kappa shape index (κ1) is 22.8. The second kappa shape index (κ2) is 10.8. The second-order valence-corrected chi connectivity index (χ2v) is 6.97. The maximum Gasteiger partial charge on any atom is 0.416 e. The molecule has 5 nitrogen and oxygen atoms in total. The molecule has 1 rings (SSSR count). The molecule has 0 aliphatic carbocycles. The maximum absolute atomic E-state index is 12.8. The van der Waals surface area contributed by atoms with Gasteiger partial charge in [0.05, 0.1) is 18.7 Å². The molecular weight excluding hydrogens is 357 g/mol. The smallest absolute Gasteiger partial charge is 0.356 e. The highest BCUT2D eigenvalue weighted by Crippen LogP contribution is 2.29. The Hall–Kier alpha value is -2.25. The number of guanidine groups is 1. The standard InChI is InChI=1S/C19H29F3N4O/c1-14(2)7-6-10-23-18(25-13-17(27)26(3)4)24-12-15-8-5-9-16(11-15)19(20,21)22/h5,8-9,11,14H,6-7,10,12-13H2,1-4H3,(H2,23,24,25). The van der Waals surface area contributed by atoms with Gasteiger partial charge in [0, 0.05) is 20.6 Å². The van der Waals surface area contributed by atoms with Crippen LogP contribution in [0, 0.1) is 5.92 Å². The highest BCUT2D eigenvalue weighted by Gasteiger charge is 2.30. The Balaban J connectivity index is 2.76. The molecule has 0 unspecified atom stereocenters. The number of amides is 1. The lowest BCUT2D eigenvalue weighted by molar-refractivity contribution is -0.137. The van der Waals surface area contributed by atoms with Crippen molar-refractivity contribution in [3.8, 4) is 0 Å². The summed E-state index contributed by atoms with van der Waals surface area (Å²) in [6.45, 7) is 5.08. The number of halogens is 3. The van der Waals surface area contributed by atoms with Gasteiger partial charge in [-0.2, -0.15) is 13.2 Å². The number of aliphatic imine (C=N–C) groups is 1. The normalized spacial score (nSPS) is 12.2. The maximum atomic E-state index is 12.8. The zero-order valence-corrected chi connectivity index (χ0v) is 16.4. The van der Waals surface area contributed by atoms with Crippen LogP contribution in [0.3, 0.4) is 0 Å². The average Bonchev–Trinajstić information content (AvgIpc) is 2.59. The van der Waals surface area contributed by atoms with Crippen molar-refractivity contribution in [3.63, 3.8) is 0 Å². The molecule has 0 radical (unpaired) electrons. The minimum atomic E-state index is -4.38. The Kier molecular flexibility index (Phi) is 9.11. The molecule has 0 aliphatic heterocycles. The van der Waals surface area contributed by atoms with E-state index in [2.05, 4.69) is 29.5 Å². The topological polar surface area (TPSA) is 56.7 Å². The third-order valence-corrected chi connectivity index (χ3v) is 3.83. The minimum Gasteiger partial charge on any atom is -0.356 e. The monoisotopic (exact) mass is 386 g/mol. The van der Waals surface area contributed by atoms with Gasteiger partial charge in [-0.25, -0.2) is 4.99 Å². The summed E-state index contributed by atoms with van der Waals surface area (Å²) < 4.78 is 38.5. The van der Waals surface area contributed by atoms with Gasteiger partial charge < -0.3 is 15.5 Å². The number of hydrogen-bond acceptors (Lipinski definition) is 2. The van der Waals surface area contributed by atoms with E-state index in [1.165, 1.54) is 11.0 Å². The molecular formula is C19H29F3N4O. The predicted octanol–water partition coefficient (Wildman–Crippen LogP) is 3.27. The van der Waals surface area contributed by atoms with Gasteiger partial charge in [0.25, 0.3) is 0 Å². The Bertz CT molecular complexity index is 628. The van der Waals surface area contributed by atoms with E-state index >= 15 is 0 Å². The van der Waals surface area contributed by atoms with Crippen molar-refractivity contribution in [2.45, 2.75) is 39.4 Å². The number of hydrogen-bond donors (Lipinski definition) is 2. The first-order valence-corrected chi connectivity index (χ1v) is 8.98. The Labute approximate surface area is 159 Å². The van der Waals surface area contributed by atoms with Crippen LogP contribution >= 0.6 is 0 Å². The Morgan fingerprint density at radius 2 is 1.93 bits per heavy atom. The fourth-order valence-electron chi connectivity index (χ4n) is 2.23. The van der Waals surface area contributed by atoms with Gasteiger partial charge in [-0.3, -0.25) is 4.79 Å². The molecule has 27 heavy (non-hydrogen) atoms. The molecule has 1 aromatic carbocycles.